The molecular weight excluding hydrogens is 596 g/mol. The first-order valence-corrected chi connectivity index (χ1v) is 17.4. The van der Waals surface area contributed by atoms with Gasteiger partial charge in [-0.05, 0) is 17.4 Å². The van der Waals surface area contributed by atoms with Crippen molar-refractivity contribution in [3.05, 3.63) is 125 Å². The Labute approximate surface area is 281 Å². The van der Waals surface area contributed by atoms with Crippen LogP contribution in [0.25, 0.3) is 11.1 Å². The van der Waals surface area contributed by atoms with Crippen molar-refractivity contribution < 1.29 is 24.2 Å². The monoisotopic (exact) mass is 650 g/mol. The van der Waals surface area contributed by atoms with E-state index in [0.717, 1.165) is 12.8 Å². The zero-order valence-electron chi connectivity index (χ0n) is 29.3. The van der Waals surface area contributed by atoms with E-state index in [2.05, 4.69) is 142 Å². The van der Waals surface area contributed by atoms with Crippen molar-refractivity contribution in [2.24, 2.45) is 11.3 Å². The molecule has 0 saturated heterocycles. The molecule has 0 saturated carbocycles. The third kappa shape index (κ3) is 11.7. The summed E-state index contributed by atoms with van der Waals surface area (Å²) in [5, 5.41) is 0. The first kappa shape index (κ1) is 38.9. The van der Waals surface area contributed by atoms with Crippen LogP contribution in [0.4, 0.5) is 0 Å². The molecule has 0 N–H and O–H groups in total. The zero-order valence-corrected chi connectivity index (χ0v) is 31.7. The van der Waals surface area contributed by atoms with Crippen LogP contribution in [0.2, 0.25) is 0 Å². The molecule has 2 aliphatic carbocycles. The second-order valence-corrected chi connectivity index (χ2v) is 14.0. The van der Waals surface area contributed by atoms with Crippen LogP contribution in [0.5, 0.6) is 0 Å². The third-order valence-corrected chi connectivity index (χ3v) is 7.44. The Hall–Kier alpha value is -2.11. The number of fused-ring (bicyclic) bond motifs is 3. The quantitative estimate of drug-likeness (QED) is 0.180. The predicted octanol–water partition coefficient (Wildman–Crippen LogP) is 11.7. The smallest absolute Gasteiger partial charge is 0.171 e. The first-order chi connectivity index (χ1) is 20.1. The van der Waals surface area contributed by atoms with Gasteiger partial charge in [-0.1, -0.05) is 129 Å². The summed E-state index contributed by atoms with van der Waals surface area (Å²) in [6, 6.07) is 27.6. The van der Waals surface area contributed by atoms with E-state index >= 15 is 0 Å². The van der Waals surface area contributed by atoms with Crippen LogP contribution in [0.1, 0.15) is 112 Å². The van der Waals surface area contributed by atoms with Gasteiger partial charge in [-0.3, -0.25) is 6.08 Å². The SMILES string of the molecule is CC(C)(C)c1c[c-]c2c(c1)-c1cc(C(C)(C)C)ccc1C2.CCC1=[C-]C(C)C=C1C(C)(C)C.[CH2-]C.[CH2]=[Zr].[c-]1ccccc1. The Morgan fingerprint density at radius 2 is 1.37 bits per heavy atom. The summed E-state index contributed by atoms with van der Waals surface area (Å²) in [6.45, 7) is 29.9. The van der Waals surface area contributed by atoms with Crippen LogP contribution >= 0.6 is 0 Å². The maximum absolute atomic E-state index is 3.53. The van der Waals surface area contributed by atoms with Gasteiger partial charge in [0.25, 0.3) is 0 Å². The minimum Gasteiger partial charge on any atom is -0.184 e. The predicted molar refractivity (Wildman–Crippen MR) is 188 cm³/mol. The van der Waals surface area contributed by atoms with Crippen LogP contribution in [0, 0.1) is 36.5 Å². The fourth-order valence-electron chi connectivity index (χ4n) is 5.07. The van der Waals surface area contributed by atoms with Crippen molar-refractivity contribution in [1.29, 1.82) is 0 Å². The van der Waals surface area contributed by atoms with Crippen LogP contribution in [-0.2, 0) is 41.5 Å². The minimum atomic E-state index is 0.177. The molecule has 3 aromatic rings. The van der Waals surface area contributed by atoms with Crippen LogP contribution in [0.15, 0.2) is 77.9 Å². The minimum absolute atomic E-state index is 0.177. The van der Waals surface area contributed by atoms with E-state index in [1.807, 2.05) is 30.3 Å². The molecule has 1 heteroatoms. The Morgan fingerprint density at radius 1 is 0.814 bits per heavy atom. The maximum atomic E-state index is 3.53. The normalized spacial score (nSPS) is 14.8. The fourth-order valence-corrected chi connectivity index (χ4v) is 5.07. The van der Waals surface area contributed by atoms with Crippen molar-refractivity contribution in [2.45, 2.75) is 107 Å². The van der Waals surface area contributed by atoms with E-state index in [4.69, 9.17) is 0 Å². The molecule has 43 heavy (non-hydrogen) atoms. The molecule has 1 atom stereocenters. The Kier molecular flexibility index (Phi) is 15.7. The molecule has 0 heterocycles. The van der Waals surface area contributed by atoms with E-state index in [0.29, 0.717) is 11.3 Å². The van der Waals surface area contributed by atoms with Gasteiger partial charge in [0.15, 0.2) is 0 Å². The maximum Gasteiger partial charge on any atom is -0.171 e. The molecule has 0 fully saturated rings. The molecule has 0 aromatic heterocycles. The number of benzene rings is 3. The van der Waals surface area contributed by atoms with Crippen molar-refractivity contribution in [1.82, 2.24) is 0 Å². The summed E-state index contributed by atoms with van der Waals surface area (Å²) < 4.78 is 3.34. The van der Waals surface area contributed by atoms with Gasteiger partial charge >= 0.3 is 28.4 Å². The van der Waals surface area contributed by atoms with Gasteiger partial charge in [-0.15, -0.1) is 5.56 Å². The van der Waals surface area contributed by atoms with Crippen LogP contribution in [-0.4, -0.2) is 4.21 Å². The van der Waals surface area contributed by atoms with Gasteiger partial charge in [-0.25, -0.2) is 5.57 Å². The molecule has 2 aliphatic rings. The number of allylic oxidation sites excluding steroid dienone is 4. The summed E-state index contributed by atoms with van der Waals surface area (Å²) in [5.41, 5.74) is 12.0. The van der Waals surface area contributed by atoms with Crippen LogP contribution < -0.4 is 0 Å². The molecule has 1 unspecified atom stereocenters. The molecule has 3 aromatic carbocycles. The van der Waals surface area contributed by atoms with E-state index in [1.54, 1.807) is 6.92 Å². The fraction of sp³-hybridized carbons (Fsp3) is 0.429. The van der Waals surface area contributed by atoms with E-state index < -0.39 is 0 Å². The Morgan fingerprint density at radius 3 is 1.79 bits per heavy atom. The largest absolute Gasteiger partial charge is 0.184 e. The molecule has 0 amide bonds. The van der Waals surface area contributed by atoms with E-state index in [9.17, 15) is 0 Å². The van der Waals surface area contributed by atoms with Crippen molar-refractivity contribution in [3.8, 4) is 11.1 Å². The Balaban J connectivity index is 0.000000353. The van der Waals surface area contributed by atoms with Gasteiger partial charge in [0.1, 0.15) is 0 Å². The Bertz CT molecular complexity index is 1230. The summed E-state index contributed by atoms with van der Waals surface area (Å²) in [5.74, 6) is 0.522. The molecule has 232 valence electrons. The summed E-state index contributed by atoms with van der Waals surface area (Å²) in [4.78, 5) is 0. The molecule has 5 rings (SSSR count). The van der Waals surface area contributed by atoms with Gasteiger partial charge in [0.05, 0.1) is 0 Å². The van der Waals surface area contributed by atoms with Gasteiger partial charge in [0, 0.05) is 0 Å². The second kappa shape index (κ2) is 17.4. The van der Waals surface area contributed by atoms with Crippen molar-refractivity contribution in [3.63, 3.8) is 0 Å². The average molecular weight is 652 g/mol. The number of hydrogen-bond acceptors (Lipinski definition) is 0. The second-order valence-electron chi connectivity index (χ2n) is 14.0. The standard InChI is InChI=1S/C21H25.C12H19.C6H5.C2H5.CH2.Zr/c1-20(2,3)16-9-7-14-11-15-8-10-17(21(4,5)6)13-19(15)18(14)12-16;1-6-10-7-9(2)8-11(10)12(3,4)5;1-2-4-6-5-3-1;1-2;;/h7,9-10,12-13H,11H2,1-6H3;8-9H,6H2,1-5H3;1-5H;1H2,2H3;1H2;/q4*-1;;. The summed E-state index contributed by atoms with van der Waals surface area (Å²) in [6.07, 6.45) is 7.98. The van der Waals surface area contributed by atoms with E-state index in [1.165, 1.54) is 68.8 Å². The molecular formula is C42H56Zr-4. The summed E-state index contributed by atoms with van der Waals surface area (Å²) in [7, 11) is 0. The molecule has 0 aliphatic heterocycles. The molecule has 0 nitrogen and oxygen atoms in total. The van der Waals surface area contributed by atoms with E-state index in [-0.39, 0.29) is 10.8 Å². The van der Waals surface area contributed by atoms with Crippen molar-refractivity contribution >= 4 is 4.21 Å². The molecule has 0 radical (unpaired) electrons. The zero-order chi connectivity index (χ0) is 33.0. The van der Waals surface area contributed by atoms with Crippen LogP contribution in [0.3, 0.4) is 0 Å². The van der Waals surface area contributed by atoms with Crippen molar-refractivity contribution in [2.75, 3.05) is 0 Å². The van der Waals surface area contributed by atoms with Gasteiger partial charge in [0.2, 0.25) is 0 Å². The van der Waals surface area contributed by atoms with Gasteiger partial charge < -0.3 is 6.92 Å². The number of hydrogen-bond donors (Lipinski definition) is 0. The topological polar surface area (TPSA) is 0 Å². The third-order valence-electron chi connectivity index (χ3n) is 7.44. The number of rotatable bonds is 1. The molecule has 0 spiro atoms. The average Bonchev–Trinajstić information content (AvgIpc) is 3.55. The summed E-state index contributed by atoms with van der Waals surface area (Å²) >= 11 is 1.30. The van der Waals surface area contributed by atoms with Gasteiger partial charge in [-0.2, -0.15) is 84.3 Å². The molecule has 0 bridgehead atoms. The first-order valence-electron chi connectivity index (χ1n) is 15.6.